The molecule has 4 heteroatoms. The first-order valence-corrected chi connectivity index (χ1v) is 6.54. The van der Waals surface area contributed by atoms with Gasteiger partial charge in [-0.2, -0.15) is 0 Å². The molecule has 102 valence electrons. The molecule has 1 atom stereocenters. The summed E-state index contributed by atoms with van der Waals surface area (Å²) in [5, 5.41) is 13.6. The van der Waals surface area contributed by atoms with E-state index in [0.29, 0.717) is 19.0 Å². The van der Waals surface area contributed by atoms with Crippen molar-refractivity contribution in [1.82, 2.24) is 10.3 Å². The Morgan fingerprint density at radius 3 is 2.68 bits per heavy atom. The maximum Gasteiger partial charge on any atom is 0.208 e. The molecular formula is C15H20N2O2. The van der Waals surface area contributed by atoms with Gasteiger partial charge in [0.05, 0.1) is 18.3 Å². The van der Waals surface area contributed by atoms with Gasteiger partial charge in [-0.1, -0.05) is 37.3 Å². The smallest absolute Gasteiger partial charge is 0.208 e. The molecule has 1 unspecified atom stereocenters. The van der Waals surface area contributed by atoms with E-state index in [0.717, 1.165) is 17.7 Å². The third-order valence-corrected chi connectivity index (χ3v) is 3.09. The Hall–Kier alpha value is -1.65. The predicted molar refractivity (Wildman–Crippen MR) is 73.6 cm³/mol. The largest absolute Gasteiger partial charge is 0.444 e. The number of hydrogen-bond acceptors (Lipinski definition) is 4. The highest BCUT2D eigenvalue weighted by atomic mass is 16.4. The lowest BCUT2D eigenvalue weighted by molar-refractivity contribution is 0.0561. The van der Waals surface area contributed by atoms with Crippen molar-refractivity contribution in [2.24, 2.45) is 0 Å². The van der Waals surface area contributed by atoms with Gasteiger partial charge in [0.2, 0.25) is 5.89 Å². The molecule has 0 saturated carbocycles. The summed E-state index contributed by atoms with van der Waals surface area (Å²) in [6.45, 7) is 4.78. The molecule has 0 aliphatic carbocycles. The summed E-state index contributed by atoms with van der Waals surface area (Å²) >= 11 is 0. The quantitative estimate of drug-likeness (QED) is 0.836. The van der Waals surface area contributed by atoms with E-state index < -0.39 is 5.60 Å². The minimum absolute atomic E-state index is 0.445. The fourth-order valence-electron chi connectivity index (χ4n) is 1.91. The topological polar surface area (TPSA) is 58.3 Å². The van der Waals surface area contributed by atoms with Crippen LogP contribution < -0.4 is 5.32 Å². The van der Waals surface area contributed by atoms with Crippen LogP contribution in [0.1, 0.15) is 31.1 Å². The summed E-state index contributed by atoms with van der Waals surface area (Å²) in [5.41, 5.74) is -0.00862. The van der Waals surface area contributed by atoms with E-state index in [4.69, 9.17) is 4.42 Å². The summed E-state index contributed by atoms with van der Waals surface area (Å²) in [6, 6.07) is 9.62. The zero-order valence-corrected chi connectivity index (χ0v) is 11.4. The highest BCUT2D eigenvalue weighted by Crippen LogP contribution is 2.19. The van der Waals surface area contributed by atoms with Crippen LogP contribution in [0.25, 0.3) is 0 Å². The second-order valence-electron chi connectivity index (χ2n) is 4.82. The number of oxazole rings is 1. The van der Waals surface area contributed by atoms with E-state index in [-0.39, 0.29) is 0 Å². The molecule has 4 nitrogen and oxygen atoms in total. The molecule has 0 aliphatic heterocycles. The van der Waals surface area contributed by atoms with Gasteiger partial charge in [-0.3, -0.25) is 0 Å². The van der Waals surface area contributed by atoms with Gasteiger partial charge >= 0.3 is 0 Å². The van der Waals surface area contributed by atoms with Gasteiger partial charge in [-0.15, -0.1) is 0 Å². The van der Waals surface area contributed by atoms with Gasteiger partial charge in [0.25, 0.3) is 0 Å². The van der Waals surface area contributed by atoms with Crippen molar-refractivity contribution < 1.29 is 9.52 Å². The van der Waals surface area contributed by atoms with Crippen LogP contribution in [-0.2, 0) is 18.6 Å². The second kappa shape index (κ2) is 5.99. The average molecular weight is 260 g/mol. The summed E-state index contributed by atoms with van der Waals surface area (Å²) in [5.74, 6) is 1.53. The van der Waals surface area contributed by atoms with E-state index >= 15 is 0 Å². The number of rotatable bonds is 6. The fraction of sp³-hybridized carbons (Fsp3) is 0.400. The number of benzene rings is 1. The summed E-state index contributed by atoms with van der Waals surface area (Å²) < 4.78 is 5.50. The minimum Gasteiger partial charge on any atom is -0.444 e. The van der Waals surface area contributed by atoms with Crippen molar-refractivity contribution in [1.29, 1.82) is 0 Å². The van der Waals surface area contributed by atoms with Gasteiger partial charge in [0.15, 0.2) is 0 Å². The second-order valence-corrected chi connectivity index (χ2v) is 4.82. The zero-order chi connectivity index (χ0) is 13.7. The summed E-state index contributed by atoms with van der Waals surface area (Å²) in [7, 11) is 0. The molecule has 2 aromatic rings. The Labute approximate surface area is 113 Å². The van der Waals surface area contributed by atoms with Crippen molar-refractivity contribution in [2.75, 3.05) is 6.54 Å². The van der Waals surface area contributed by atoms with Gasteiger partial charge < -0.3 is 14.8 Å². The maximum atomic E-state index is 10.4. The lowest BCUT2D eigenvalue weighted by Gasteiger charge is -2.24. The van der Waals surface area contributed by atoms with E-state index in [9.17, 15) is 5.11 Å². The van der Waals surface area contributed by atoms with Crippen molar-refractivity contribution in [2.45, 2.75) is 32.4 Å². The first-order valence-electron chi connectivity index (χ1n) is 6.54. The summed E-state index contributed by atoms with van der Waals surface area (Å²) in [4.78, 5) is 4.17. The monoisotopic (exact) mass is 260 g/mol. The number of nitrogens with one attached hydrogen (secondary N) is 1. The lowest BCUT2D eigenvalue weighted by Crippen LogP contribution is -2.35. The Kier molecular flexibility index (Phi) is 4.35. The number of aliphatic hydroxyl groups is 1. The predicted octanol–water partition coefficient (Wildman–Crippen LogP) is 2.23. The first-order chi connectivity index (χ1) is 9.12. The third kappa shape index (κ3) is 3.66. The van der Waals surface area contributed by atoms with E-state index in [1.165, 1.54) is 0 Å². The third-order valence-electron chi connectivity index (χ3n) is 3.09. The molecule has 2 N–H and O–H groups in total. The van der Waals surface area contributed by atoms with Crippen LogP contribution in [0.3, 0.4) is 0 Å². The molecule has 0 spiro atoms. The van der Waals surface area contributed by atoms with E-state index in [2.05, 4.69) is 10.3 Å². The molecule has 0 fully saturated rings. The van der Waals surface area contributed by atoms with Crippen LogP contribution in [0.4, 0.5) is 0 Å². The van der Waals surface area contributed by atoms with Gasteiger partial charge in [0.1, 0.15) is 5.76 Å². The highest BCUT2D eigenvalue weighted by molar-refractivity contribution is 5.21. The Morgan fingerprint density at radius 2 is 2.05 bits per heavy atom. The van der Waals surface area contributed by atoms with Gasteiger partial charge in [-0.25, -0.2) is 4.98 Å². The van der Waals surface area contributed by atoms with Gasteiger partial charge in [-0.05, 0) is 12.5 Å². The van der Waals surface area contributed by atoms with Crippen LogP contribution in [-0.4, -0.2) is 16.6 Å². The Bertz CT molecular complexity index is 506. The first kappa shape index (κ1) is 13.8. The maximum absolute atomic E-state index is 10.4. The number of aromatic nitrogens is 1. The van der Waals surface area contributed by atoms with E-state index in [1.807, 2.05) is 37.3 Å². The van der Waals surface area contributed by atoms with Crippen LogP contribution >= 0.6 is 0 Å². The average Bonchev–Trinajstić information content (AvgIpc) is 2.87. The highest BCUT2D eigenvalue weighted by Gasteiger charge is 2.22. The Morgan fingerprint density at radius 1 is 1.32 bits per heavy atom. The van der Waals surface area contributed by atoms with E-state index in [1.54, 1.807) is 13.1 Å². The lowest BCUT2D eigenvalue weighted by atomic mass is 9.96. The molecular weight excluding hydrogens is 240 g/mol. The van der Waals surface area contributed by atoms with Crippen LogP contribution in [0.2, 0.25) is 0 Å². The zero-order valence-electron chi connectivity index (χ0n) is 11.4. The standard InChI is InChI=1S/C15H20N2O2/c1-3-13-9-17-14(19-13)10-16-11-15(2,18)12-7-5-4-6-8-12/h4-9,16,18H,3,10-11H2,1-2H3. The molecule has 1 aromatic carbocycles. The molecule has 0 bridgehead atoms. The Balaban J connectivity index is 1.88. The molecule has 1 heterocycles. The molecule has 0 aliphatic rings. The molecule has 0 saturated heterocycles. The molecule has 2 rings (SSSR count). The molecule has 19 heavy (non-hydrogen) atoms. The fourth-order valence-corrected chi connectivity index (χ4v) is 1.91. The van der Waals surface area contributed by atoms with Crippen LogP contribution in [0.15, 0.2) is 40.9 Å². The number of hydrogen-bond donors (Lipinski definition) is 2. The number of aryl methyl sites for hydroxylation is 1. The minimum atomic E-state index is -0.901. The van der Waals surface area contributed by atoms with Crippen LogP contribution in [0.5, 0.6) is 0 Å². The van der Waals surface area contributed by atoms with Crippen molar-refractivity contribution in [3.8, 4) is 0 Å². The SMILES string of the molecule is CCc1cnc(CNCC(C)(O)c2ccccc2)o1. The van der Waals surface area contributed by atoms with Crippen molar-refractivity contribution >= 4 is 0 Å². The normalized spacial score (nSPS) is 14.3. The molecule has 1 aromatic heterocycles. The molecule has 0 amide bonds. The number of nitrogens with zero attached hydrogens (tertiary/aromatic N) is 1. The van der Waals surface area contributed by atoms with Crippen molar-refractivity contribution in [3.05, 3.63) is 53.7 Å². The van der Waals surface area contributed by atoms with Crippen molar-refractivity contribution in [3.63, 3.8) is 0 Å². The van der Waals surface area contributed by atoms with Gasteiger partial charge in [0, 0.05) is 13.0 Å². The molecule has 0 radical (unpaired) electrons. The van der Waals surface area contributed by atoms with Crippen LogP contribution in [0, 0.1) is 0 Å². The summed E-state index contributed by atoms with van der Waals surface area (Å²) in [6.07, 6.45) is 2.58.